The molecule has 0 saturated carbocycles. The van der Waals surface area contributed by atoms with Crippen molar-refractivity contribution in [2.75, 3.05) is 0 Å². The van der Waals surface area contributed by atoms with E-state index in [0.29, 0.717) is 32.6 Å². The van der Waals surface area contributed by atoms with Crippen LogP contribution in [0.4, 0.5) is 0 Å². The van der Waals surface area contributed by atoms with E-state index in [-0.39, 0.29) is 71.0 Å². The summed E-state index contributed by atoms with van der Waals surface area (Å²) in [5.74, 6) is 0.454. The Bertz CT molecular complexity index is 1600. The molecule has 0 radical (unpaired) electrons. The maximum atomic E-state index is 11.2. The van der Waals surface area contributed by atoms with Crippen LogP contribution in [0.3, 0.4) is 0 Å². The quantitative estimate of drug-likeness (QED) is 0.263. The van der Waals surface area contributed by atoms with Crippen molar-refractivity contribution in [1.82, 2.24) is 10.1 Å². The number of hydrogen-bond acceptors (Lipinski definition) is 5. The Morgan fingerprint density at radius 3 is 2.34 bits per heavy atom. The van der Waals surface area contributed by atoms with Crippen molar-refractivity contribution in [2.45, 2.75) is 26.4 Å². The number of hydrogen-bond donors (Lipinski definition) is 1. The number of ether oxygens (including phenoxy) is 1. The Hall–Kier alpha value is -2.23. The molecule has 3 aromatic carbocycles. The second-order valence-corrected chi connectivity index (χ2v) is 9.66. The van der Waals surface area contributed by atoms with Crippen LogP contribution >= 0.6 is 23.2 Å². The number of carbonyl (C=O) groups is 1. The van der Waals surface area contributed by atoms with Crippen molar-refractivity contribution in [2.24, 2.45) is 0 Å². The van der Waals surface area contributed by atoms with Crippen molar-refractivity contribution in [3.05, 3.63) is 99.9 Å². The molecule has 0 aliphatic rings. The zero-order chi connectivity index (χ0) is 26.1. The first kappa shape index (κ1) is 28.8. The summed E-state index contributed by atoms with van der Waals surface area (Å²) in [5.41, 5.74) is 4.64. The second-order valence-electron chi connectivity index (χ2n) is 8.85. The predicted molar refractivity (Wildman–Crippen MR) is 146 cm³/mol. The van der Waals surface area contributed by atoms with E-state index in [9.17, 15) is 4.79 Å². The Balaban J connectivity index is 0.00000210. The molecule has 0 unspecified atom stereocenters. The first-order valence-electron chi connectivity index (χ1n) is 11.6. The van der Waals surface area contributed by atoms with Gasteiger partial charge in [-0.2, -0.15) is 0 Å². The van der Waals surface area contributed by atoms with Gasteiger partial charge in [0.15, 0.2) is 0 Å². The number of carboxylic acid groups (broad SMARTS) is 1. The van der Waals surface area contributed by atoms with Gasteiger partial charge in [0.1, 0.15) is 29.5 Å². The fourth-order valence-corrected chi connectivity index (χ4v) is 4.74. The summed E-state index contributed by atoms with van der Waals surface area (Å²) < 4.78 is 11.8. The van der Waals surface area contributed by atoms with Crippen LogP contribution in [0.15, 0.2) is 77.3 Å². The van der Waals surface area contributed by atoms with Crippen LogP contribution in [0, 0.1) is 0 Å². The Labute approximate surface area is 273 Å². The van der Waals surface area contributed by atoms with E-state index in [2.05, 4.69) is 10.1 Å². The smallest absolute Gasteiger partial charge is 1.00 e. The maximum absolute atomic E-state index is 11.2. The molecular weight excluding hydrogens is 550 g/mol. The average molecular weight is 574 g/mol. The summed E-state index contributed by atoms with van der Waals surface area (Å²) in [6.07, 6.45) is 0. The molecule has 9 heteroatoms. The van der Waals surface area contributed by atoms with Crippen LogP contribution in [-0.4, -0.2) is 21.2 Å². The van der Waals surface area contributed by atoms with Gasteiger partial charge < -0.3 is 15.8 Å². The topological polar surface area (TPSA) is 85.5 Å². The van der Waals surface area contributed by atoms with E-state index >= 15 is 0 Å². The van der Waals surface area contributed by atoms with Crippen LogP contribution < -0.4 is 56.1 Å². The van der Waals surface area contributed by atoms with Gasteiger partial charge in [0.05, 0.1) is 21.1 Å². The number of halogens is 2. The molecular formula is C29H23Cl2KN2O4. The van der Waals surface area contributed by atoms with Gasteiger partial charge >= 0.3 is 57.4 Å². The molecule has 2 heterocycles. The van der Waals surface area contributed by atoms with Crippen molar-refractivity contribution < 1.29 is 72.0 Å². The molecule has 188 valence electrons. The van der Waals surface area contributed by atoms with E-state index in [1.807, 2.05) is 56.3 Å². The molecule has 0 bridgehead atoms. The maximum Gasteiger partial charge on any atom is 1.00 e. The van der Waals surface area contributed by atoms with Gasteiger partial charge in [0.2, 0.25) is 0 Å². The van der Waals surface area contributed by atoms with Gasteiger partial charge in [-0.25, -0.2) is 9.78 Å². The molecule has 1 N–H and O–H groups in total. The molecule has 0 amide bonds. The Morgan fingerprint density at radius 2 is 1.68 bits per heavy atom. The second kappa shape index (κ2) is 12.3. The Morgan fingerprint density at radius 1 is 1.00 bits per heavy atom. The van der Waals surface area contributed by atoms with E-state index in [1.54, 1.807) is 24.3 Å². The van der Waals surface area contributed by atoms with Gasteiger partial charge in [-0.15, -0.1) is 0 Å². The number of carboxylic acids is 1. The molecule has 0 fully saturated rings. The van der Waals surface area contributed by atoms with E-state index in [4.69, 9.17) is 37.6 Å². The normalized spacial score (nSPS) is 11.0. The molecule has 0 aliphatic heterocycles. The summed E-state index contributed by atoms with van der Waals surface area (Å²) in [4.78, 5) is 15.4. The minimum atomic E-state index is -1.05. The van der Waals surface area contributed by atoms with Crippen molar-refractivity contribution in [3.8, 4) is 28.1 Å². The number of rotatable bonds is 7. The molecule has 2 aromatic heterocycles. The van der Waals surface area contributed by atoms with Gasteiger partial charge in [0.25, 0.3) is 0 Å². The first-order chi connectivity index (χ1) is 17.8. The molecule has 5 aromatic rings. The summed E-state index contributed by atoms with van der Waals surface area (Å²) in [6.45, 7) is 4.29. The zero-order valence-corrected chi connectivity index (χ0v) is 25.7. The molecule has 6 nitrogen and oxygen atoms in total. The van der Waals surface area contributed by atoms with E-state index < -0.39 is 5.97 Å². The number of benzene rings is 3. The van der Waals surface area contributed by atoms with Crippen molar-refractivity contribution in [3.63, 3.8) is 0 Å². The van der Waals surface area contributed by atoms with Crippen LogP contribution in [0.25, 0.3) is 33.3 Å². The van der Waals surface area contributed by atoms with Crippen LogP contribution in [-0.2, 0) is 6.61 Å². The summed E-state index contributed by atoms with van der Waals surface area (Å²) in [7, 11) is 0. The number of nitrogens with zero attached hydrogens (tertiary/aromatic N) is 2. The number of aromatic nitrogens is 2. The predicted octanol–water partition coefficient (Wildman–Crippen LogP) is 5.38. The minimum Gasteiger partial charge on any atom is -1.00 e. The number of fused-ring (bicyclic) bond motifs is 1. The summed E-state index contributed by atoms with van der Waals surface area (Å²) >= 11 is 12.9. The SMILES string of the molecule is CC(C)c1onc(-c2c(Cl)cccc2Cl)c1COc1ccc(-c2ccc3nc(C(=O)O)ccc3c2)cc1.[H-].[K+]. The average Bonchev–Trinajstić information content (AvgIpc) is 3.31. The van der Waals surface area contributed by atoms with Gasteiger partial charge in [-0.1, -0.05) is 72.5 Å². The number of pyridine rings is 1. The largest absolute Gasteiger partial charge is 1.00 e. The monoisotopic (exact) mass is 572 g/mol. The van der Waals surface area contributed by atoms with E-state index in [1.165, 1.54) is 6.07 Å². The molecule has 0 atom stereocenters. The first-order valence-corrected chi connectivity index (χ1v) is 12.4. The van der Waals surface area contributed by atoms with E-state index in [0.717, 1.165) is 27.8 Å². The number of aromatic carboxylic acids is 1. The molecule has 38 heavy (non-hydrogen) atoms. The van der Waals surface area contributed by atoms with Gasteiger partial charge in [0, 0.05) is 16.9 Å². The zero-order valence-electron chi connectivity index (χ0n) is 22.0. The van der Waals surface area contributed by atoms with Crippen molar-refractivity contribution in [1.29, 1.82) is 0 Å². The fraction of sp³-hybridized carbons (Fsp3) is 0.138. The third kappa shape index (κ3) is 5.99. The minimum absolute atomic E-state index is 0. The molecule has 5 rings (SSSR count). The molecule has 0 aliphatic carbocycles. The van der Waals surface area contributed by atoms with Crippen LogP contribution in [0.2, 0.25) is 10.0 Å². The third-order valence-corrected chi connectivity index (χ3v) is 6.65. The van der Waals surface area contributed by atoms with Gasteiger partial charge in [-0.05, 0) is 53.6 Å². The van der Waals surface area contributed by atoms with Crippen LogP contribution in [0.1, 0.15) is 43.0 Å². The van der Waals surface area contributed by atoms with Crippen LogP contribution in [0.5, 0.6) is 5.75 Å². The Kier molecular flexibility index (Phi) is 9.31. The molecule has 0 spiro atoms. The summed E-state index contributed by atoms with van der Waals surface area (Å²) in [5, 5.41) is 15.3. The molecule has 0 saturated heterocycles. The van der Waals surface area contributed by atoms with Crippen molar-refractivity contribution >= 4 is 40.1 Å². The summed E-state index contributed by atoms with van der Waals surface area (Å²) in [6, 6.07) is 22.1. The third-order valence-electron chi connectivity index (χ3n) is 6.02. The standard InChI is InChI=1S/C29H22Cl2N2O4.K.H/c1-16(2)28-21(27(33-37-28)26-22(30)4-3-5-23(26)31)15-36-20-10-6-17(7-11-20)18-8-12-24-19(14-18)9-13-25(32-24)29(34)35;;/h3-14,16H,15H2,1-2H3,(H,34,35);;/q;+1;-1. The van der Waals surface area contributed by atoms with Gasteiger partial charge in [-0.3, -0.25) is 0 Å². The fourth-order valence-electron chi connectivity index (χ4n) is 4.16.